The largest absolute Gasteiger partial charge is 0.456 e. The van der Waals surface area contributed by atoms with E-state index >= 15 is 0 Å². The smallest absolute Gasteiger partial charge is 0.244 e. The lowest BCUT2D eigenvalue weighted by Crippen LogP contribution is -2.59. The molecule has 0 radical (unpaired) electrons. The normalized spacial score (nSPS) is 14.2. The van der Waals surface area contributed by atoms with Crippen molar-refractivity contribution in [2.45, 2.75) is 0 Å². The first kappa shape index (κ1) is 21.5. The summed E-state index contributed by atoms with van der Waals surface area (Å²) in [5.74, 6) is -0.505. The number of hydrogen-bond acceptors (Lipinski definition) is 6. The first-order valence-corrected chi connectivity index (χ1v) is 9.89. The fourth-order valence-electron chi connectivity index (χ4n) is 2.96. The van der Waals surface area contributed by atoms with Gasteiger partial charge in [-0.1, -0.05) is 11.6 Å². The molecular formula is C22H18ClFN4O4. The van der Waals surface area contributed by atoms with Gasteiger partial charge in [0.1, 0.15) is 22.4 Å². The Morgan fingerprint density at radius 3 is 2.09 bits per heavy atom. The van der Waals surface area contributed by atoms with Crippen molar-refractivity contribution >= 4 is 40.6 Å². The number of nitrogens with one attached hydrogen (secondary N) is 2. The molecule has 164 valence electrons. The van der Waals surface area contributed by atoms with E-state index in [1.807, 2.05) is 0 Å². The number of anilines is 3. The number of hydrogen-bond donors (Lipinski definition) is 3. The molecule has 1 aliphatic rings. The molecule has 1 aromatic heterocycles. The second-order valence-corrected chi connectivity index (χ2v) is 7.50. The predicted octanol–water partition coefficient (Wildman–Crippen LogP) is 3.84. The predicted molar refractivity (Wildman–Crippen MR) is 117 cm³/mol. The van der Waals surface area contributed by atoms with Crippen LogP contribution in [0.2, 0.25) is 5.02 Å². The topological polar surface area (TPSA) is 116 Å². The molecule has 1 aliphatic heterocycles. The fraction of sp³-hybridized carbons (Fsp3) is 0.136. The van der Waals surface area contributed by atoms with Gasteiger partial charge in [-0.3, -0.25) is 9.59 Å². The molecule has 0 atom stereocenters. The maximum absolute atomic E-state index is 13.1. The number of nitrogens with zero attached hydrogens (tertiary/aromatic N) is 1. The van der Waals surface area contributed by atoms with Crippen LogP contribution in [0.4, 0.5) is 21.6 Å². The third-order valence-corrected chi connectivity index (χ3v) is 5.27. The van der Waals surface area contributed by atoms with Gasteiger partial charge in [-0.25, -0.2) is 9.37 Å². The molecule has 8 nitrogen and oxygen atoms in total. The molecule has 32 heavy (non-hydrogen) atoms. The van der Waals surface area contributed by atoms with Gasteiger partial charge in [0.05, 0.1) is 13.2 Å². The van der Waals surface area contributed by atoms with Crippen molar-refractivity contribution in [2.75, 3.05) is 29.6 Å². The molecule has 2 aromatic carbocycles. The van der Waals surface area contributed by atoms with Crippen LogP contribution in [0.25, 0.3) is 0 Å². The Labute approximate surface area is 187 Å². The highest BCUT2D eigenvalue weighted by molar-refractivity contribution is 6.34. The van der Waals surface area contributed by atoms with Gasteiger partial charge < -0.3 is 25.8 Å². The van der Waals surface area contributed by atoms with Crippen molar-refractivity contribution in [1.82, 2.24) is 4.98 Å². The summed E-state index contributed by atoms with van der Waals surface area (Å²) in [6, 6.07) is 13.4. The van der Waals surface area contributed by atoms with E-state index in [1.165, 1.54) is 30.5 Å². The van der Waals surface area contributed by atoms with Gasteiger partial charge in [0.2, 0.25) is 11.8 Å². The Morgan fingerprint density at radius 2 is 1.56 bits per heavy atom. The van der Waals surface area contributed by atoms with Gasteiger partial charge in [-0.2, -0.15) is 0 Å². The number of ether oxygens (including phenoxy) is 2. The van der Waals surface area contributed by atoms with Crippen LogP contribution in [0.3, 0.4) is 0 Å². The maximum atomic E-state index is 13.1. The van der Waals surface area contributed by atoms with Crippen LogP contribution in [-0.4, -0.2) is 30.0 Å². The maximum Gasteiger partial charge on any atom is 0.244 e. The third kappa shape index (κ3) is 4.34. The molecule has 4 rings (SSSR count). The molecule has 1 fully saturated rings. The van der Waals surface area contributed by atoms with Crippen LogP contribution < -0.4 is 21.1 Å². The number of rotatable bonds is 6. The SMILES string of the molecule is Nc1nccc(Oc2ccc(NC(=O)C3(C(=O)Nc4ccc(F)cc4)COC3)cc2)c1Cl. The summed E-state index contributed by atoms with van der Waals surface area (Å²) < 4.78 is 23.9. The standard InChI is InChI=1S/C22H18ClFN4O4/c23-18-17(9-10-26-19(18)25)32-16-7-5-15(6-8-16)28-21(30)22(11-31-12-22)20(29)27-14-3-1-13(24)2-4-14/h1-10H,11-12H2,(H2,25,26)(H,27,29)(H,28,30). The summed E-state index contributed by atoms with van der Waals surface area (Å²) in [5.41, 5.74) is 5.12. The molecule has 2 amide bonds. The Morgan fingerprint density at radius 1 is 1.00 bits per heavy atom. The zero-order valence-corrected chi connectivity index (χ0v) is 17.4. The number of carbonyl (C=O) groups is 2. The molecule has 0 saturated carbocycles. The zero-order chi connectivity index (χ0) is 22.7. The molecule has 10 heteroatoms. The molecular weight excluding hydrogens is 439 g/mol. The Kier molecular flexibility index (Phi) is 5.93. The minimum Gasteiger partial charge on any atom is -0.456 e. The quantitative estimate of drug-likeness (QED) is 0.485. The fourth-order valence-corrected chi connectivity index (χ4v) is 3.11. The van der Waals surface area contributed by atoms with E-state index in [2.05, 4.69) is 15.6 Å². The number of aromatic nitrogens is 1. The van der Waals surface area contributed by atoms with Gasteiger partial charge in [0.25, 0.3) is 0 Å². The van der Waals surface area contributed by atoms with Crippen LogP contribution in [0.5, 0.6) is 11.5 Å². The van der Waals surface area contributed by atoms with E-state index in [0.717, 1.165) is 0 Å². The second kappa shape index (κ2) is 8.81. The highest BCUT2D eigenvalue weighted by Gasteiger charge is 2.52. The number of halogens is 2. The lowest BCUT2D eigenvalue weighted by atomic mass is 9.83. The van der Waals surface area contributed by atoms with Crippen LogP contribution in [-0.2, 0) is 14.3 Å². The van der Waals surface area contributed by atoms with Gasteiger partial charge in [-0.15, -0.1) is 0 Å². The Hall–Kier alpha value is -3.69. The number of nitrogens with two attached hydrogens (primary N) is 1. The number of carbonyl (C=O) groups excluding carboxylic acids is 2. The summed E-state index contributed by atoms with van der Waals surface area (Å²) in [6.45, 7) is -0.121. The monoisotopic (exact) mass is 456 g/mol. The van der Waals surface area contributed by atoms with Crippen LogP contribution in [0.1, 0.15) is 0 Å². The summed E-state index contributed by atoms with van der Waals surface area (Å²) in [4.78, 5) is 29.5. The minimum absolute atomic E-state index is 0.0605. The first-order valence-electron chi connectivity index (χ1n) is 9.51. The van der Waals surface area contributed by atoms with E-state index in [0.29, 0.717) is 22.9 Å². The molecule has 2 heterocycles. The lowest BCUT2D eigenvalue weighted by Gasteiger charge is -2.38. The van der Waals surface area contributed by atoms with Crippen molar-refractivity contribution in [3.63, 3.8) is 0 Å². The number of pyridine rings is 1. The minimum atomic E-state index is -1.38. The van der Waals surface area contributed by atoms with Crippen LogP contribution in [0, 0.1) is 11.2 Å². The van der Waals surface area contributed by atoms with E-state index in [4.69, 9.17) is 26.8 Å². The first-order chi connectivity index (χ1) is 15.4. The summed E-state index contributed by atoms with van der Waals surface area (Å²) in [6.07, 6.45) is 1.47. The van der Waals surface area contributed by atoms with E-state index < -0.39 is 23.0 Å². The summed E-state index contributed by atoms with van der Waals surface area (Å²) in [7, 11) is 0. The molecule has 3 aromatic rings. The average molecular weight is 457 g/mol. The van der Waals surface area contributed by atoms with Crippen molar-refractivity contribution in [3.05, 3.63) is 71.6 Å². The molecule has 0 aliphatic carbocycles. The Balaban J connectivity index is 1.42. The Bertz CT molecular complexity index is 1150. The van der Waals surface area contributed by atoms with Crippen molar-refractivity contribution in [3.8, 4) is 11.5 Å². The summed E-state index contributed by atoms with van der Waals surface area (Å²) >= 11 is 6.07. The van der Waals surface area contributed by atoms with E-state index in [-0.39, 0.29) is 24.1 Å². The highest BCUT2D eigenvalue weighted by Crippen LogP contribution is 2.34. The number of amides is 2. The van der Waals surface area contributed by atoms with Gasteiger partial charge in [0.15, 0.2) is 11.2 Å². The molecule has 0 unspecified atom stereocenters. The molecule has 0 spiro atoms. The molecule has 1 saturated heterocycles. The molecule has 4 N–H and O–H groups in total. The van der Waals surface area contributed by atoms with Crippen LogP contribution >= 0.6 is 11.6 Å². The third-order valence-electron chi connectivity index (χ3n) is 4.89. The van der Waals surface area contributed by atoms with Crippen LogP contribution in [0.15, 0.2) is 60.8 Å². The van der Waals surface area contributed by atoms with E-state index in [9.17, 15) is 14.0 Å². The van der Waals surface area contributed by atoms with E-state index in [1.54, 1.807) is 30.3 Å². The average Bonchev–Trinajstić information content (AvgIpc) is 2.73. The van der Waals surface area contributed by atoms with Gasteiger partial charge in [0, 0.05) is 23.6 Å². The summed E-state index contributed by atoms with van der Waals surface area (Å²) in [5, 5.41) is 5.55. The van der Waals surface area contributed by atoms with Crippen molar-refractivity contribution in [2.24, 2.45) is 5.41 Å². The van der Waals surface area contributed by atoms with Gasteiger partial charge in [-0.05, 0) is 48.5 Å². The second-order valence-electron chi connectivity index (χ2n) is 7.12. The molecule has 0 bridgehead atoms. The highest BCUT2D eigenvalue weighted by atomic mass is 35.5. The van der Waals surface area contributed by atoms with Gasteiger partial charge >= 0.3 is 0 Å². The number of nitrogen functional groups attached to an aromatic ring is 1. The lowest BCUT2D eigenvalue weighted by molar-refractivity contribution is -0.166. The van der Waals surface area contributed by atoms with Crippen molar-refractivity contribution < 1.29 is 23.5 Å². The zero-order valence-electron chi connectivity index (χ0n) is 16.6. The van der Waals surface area contributed by atoms with Crippen molar-refractivity contribution in [1.29, 1.82) is 0 Å². The number of benzene rings is 2.